The SMILES string of the molecule is O=C(CCSCCc1ccccn1)Nc1cccc2ccccc12. The topological polar surface area (TPSA) is 42.0 Å². The highest BCUT2D eigenvalue weighted by Crippen LogP contribution is 2.23. The number of hydrogen-bond donors (Lipinski definition) is 1. The third kappa shape index (κ3) is 4.59. The molecule has 0 fully saturated rings. The summed E-state index contributed by atoms with van der Waals surface area (Å²) in [6, 6.07) is 20.0. The number of carbonyl (C=O) groups is 1. The first-order chi connectivity index (χ1) is 11.8. The third-order valence-corrected chi connectivity index (χ3v) is 4.75. The average Bonchev–Trinajstić information content (AvgIpc) is 2.63. The van der Waals surface area contributed by atoms with Crippen LogP contribution in [0.3, 0.4) is 0 Å². The Kier molecular flexibility index (Phi) is 5.85. The van der Waals surface area contributed by atoms with Gasteiger partial charge in [0.25, 0.3) is 0 Å². The summed E-state index contributed by atoms with van der Waals surface area (Å²) >= 11 is 1.79. The lowest BCUT2D eigenvalue weighted by Gasteiger charge is -2.08. The summed E-state index contributed by atoms with van der Waals surface area (Å²) in [6.07, 6.45) is 3.28. The van der Waals surface area contributed by atoms with Crippen molar-refractivity contribution in [3.05, 3.63) is 72.6 Å². The normalized spacial score (nSPS) is 10.7. The molecule has 1 heterocycles. The minimum absolute atomic E-state index is 0.0664. The highest BCUT2D eigenvalue weighted by atomic mass is 32.2. The molecule has 0 atom stereocenters. The summed E-state index contributed by atoms with van der Waals surface area (Å²) in [4.78, 5) is 16.5. The summed E-state index contributed by atoms with van der Waals surface area (Å²) < 4.78 is 0. The largest absolute Gasteiger partial charge is 0.325 e. The van der Waals surface area contributed by atoms with Crippen LogP contribution in [0, 0.1) is 0 Å². The smallest absolute Gasteiger partial charge is 0.225 e. The third-order valence-electron chi connectivity index (χ3n) is 3.77. The van der Waals surface area contributed by atoms with Crippen molar-refractivity contribution in [3.8, 4) is 0 Å². The molecule has 0 unspecified atom stereocenters. The monoisotopic (exact) mass is 336 g/mol. The number of nitrogens with one attached hydrogen (secondary N) is 1. The van der Waals surface area contributed by atoms with Crippen LogP contribution < -0.4 is 5.32 Å². The van der Waals surface area contributed by atoms with E-state index >= 15 is 0 Å². The number of hydrogen-bond acceptors (Lipinski definition) is 3. The number of aromatic nitrogens is 1. The Morgan fingerprint density at radius 3 is 2.67 bits per heavy atom. The molecule has 2 aromatic carbocycles. The Morgan fingerprint density at radius 2 is 1.79 bits per heavy atom. The van der Waals surface area contributed by atoms with Crippen molar-refractivity contribution in [1.82, 2.24) is 4.98 Å². The van der Waals surface area contributed by atoms with Crippen LogP contribution in [-0.4, -0.2) is 22.4 Å². The van der Waals surface area contributed by atoms with Gasteiger partial charge in [0, 0.05) is 35.1 Å². The lowest BCUT2D eigenvalue weighted by molar-refractivity contribution is -0.115. The van der Waals surface area contributed by atoms with E-state index in [1.807, 2.05) is 54.7 Å². The van der Waals surface area contributed by atoms with Crippen LogP contribution in [0.5, 0.6) is 0 Å². The molecule has 4 heteroatoms. The second kappa shape index (κ2) is 8.50. The standard InChI is InChI=1S/C20H20N2OS/c23-20(12-15-24-14-11-17-8-3-4-13-21-17)22-19-10-5-7-16-6-1-2-9-18(16)19/h1-10,13H,11-12,14-15H2,(H,22,23). The molecule has 0 aliphatic carbocycles. The van der Waals surface area contributed by atoms with Gasteiger partial charge in [0.2, 0.25) is 5.91 Å². The number of pyridine rings is 1. The molecule has 0 spiro atoms. The molecule has 3 rings (SSSR count). The number of rotatable bonds is 7. The second-order valence-electron chi connectivity index (χ2n) is 5.51. The van der Waals surface area contributed by atoms with E-state index < -0.39 is 0 Å². The zero-order valence-electron chi connectivity index (χ0n) is 13.4. The van der Waals surface area contributed by atoms with Crippen molar-refractivity contribution in [2.75, 3.05) is 16.8 Å². The van der Waals surface area contributed by atoms with E-state index in [-0.39, 0.29) is 5.91 Å². The number of carbonyl (C=O) groups excluding carboxylic acids is 1. The summed E-state index contributed by atoms with van der Waals surface area (Å²) in [7, 11) is 0. The molecule has 1 amide bonds. The van der Waals surface area contributed by atoms with Gasteiger partial charge in [-0.15, -0.1) is 0 Å². The minimum atomic E-state index is 0.0664. The molecule has 0 saturated heterocycles. The molecule has 1 N–H and O–H groups in total. The lowest BCUT2D eigenvalue weighted by Crippen LogP contribution is -2.12. The first-order valence-electron chi connectivity index (χ1n) is 8.08. The fourth-order valence-electron chi connectivity index (χ4n) is 2.54. The van der Waals surface area contributed by atoms with Gasteiger partial charge in [0.1, 0.15) is 0 Å². The molecule has 24 heavy (non-hydrogen) atoms. The van der Waals surface area contributed by atoms with E-state index in [4.69, 9.17) is 0 Å². The summed E-state index contributed by atoms with van der Waals surface area (Å²) in [5.74, 6) is 1.87. The van der Waals surface area contributed by atoms with E-state index in [0.717, 1.165) is 40.1 Å². The van der Waals surface area contributed by atoms with Gasteiger partial charge in [-0.25, -0.2) is 0 Å². The van der Waals surface area contributed by atoms with Gasteiger partial charge in [0.05, 0.1) is 0 Å². The number of benzene rings is 2. The summed E-state index contributed by atoms with van der Waals surface area (Å²) in [5, 5.41) is 5.25. The number of nitrogens with zero attached hydrogens (tertiary/aromatic N) is 1. The molecular weight excluding hydrogens is 316 g/mol. The molecule has 0 radical (unpaired) electrons. The molecule has 122 valence electrons. The number of amides is 1. The van der Waals surface area contributed by atoms with E-state index in [0.29, 0.717) is 6.42 Å². The number of fused-ring (bicyclic) bond motifs is 1. The first-order valence-corrected chi connectivity index (χ1v) is 9.24. The zero-order chi connectivity index (χ0) is 16.6. The molecule has 0 aliphatic heterocycles. The molecule has 3 aromatic rings. The van der Waals surface area contributed by atoms with Crippen molar-refractivity contribution in [2.24, 2.45) is 0 Å². The van der Waals surface area contributed by atoms with Gasteiger partial charge in [0.15, 0.2) is 0 Å². The number of anilines is 1. The summed E-state index contributed by atoms with van der Waals surface area (Å²) in [6.45, 7) is 0. The minimum Gasteiger partial charge on any atom is -0.325 e. The Labute approximate surface area is 146 Å². The Morgan fingerprint density at radius 1 is 0.958 bits per heavy atom. The fraction of sp³-hybridized carbons (Fsp3) is 0.200. The van der Waals surface area contributed by atoms with Gasteiger partial charge in [-0.1, -0.05) is 42.5 Å². The van der Waals surface area contributed by atoms with E-state index in [9.17, 15) is 4.79 Å². The highest BCUT2D eigenvalue weighted by molar-refractivity contribution is 7.99. The maximum absolute atomic E-state index is 12.2. The maximum Gasteiger partial charge on any atom is 0.225 e. The molecule has 0 bridgehead atoms. The molecule has 0 saturated carbocycles. The van der Waals surface area contributed by atoms with Gasteiger partial charge < -0.3 is 5.32 Å². The predicted octanol–water partition coefficient (Wildman–Crippen LogP) is 4.54. The van der Waals surface area contributed by atoms with Crippen LogP contribution in [0.15, 0.2) is 66.9 Å². The van der Waals surface area contributed by atoms with Crippen molar-refractivity contribution in [2.45, 2.75) is 12.8 Å². The van der Waals surface area contributed by atoms with Crippen molar-refractivity contribution in [3.63, 3.8) is 0 Å². The molecule has 1 aromatic heterocycles. The highest BCUT2D eigenvalue weighted by Gasteiger charge is 2.05. The number of aryl methyl sites for hydroxylation is 1. The van der Waals surface area contributed by atoms with E-state index in [1.165, 1.54) is 0 Å². The van der Waals surface area contributed by atoms with Crippen molar-refractivity contribution >= 4 is 34.1 Å². The molecule has 0 aliphatic rings. The average molecular weight is 336 g/mol. The quantitative estimate of drug-likeness (QED) is 0.644. The Bertz CT molecular complexity index is 800. The van der Waals surface area contributed by atoms with Gasteiger partial charge in [-0.3, -0.25) is 9.78 Å². The summed E-state index contributed by atoms with van der Waals surface area (Å²) in [5.41, 5.74) is 1.99. The van der Waals surface area contributed by atoms with Crippen molar-refractivity contribution in [1.29, 1.82) is 0 Å². The van der Waals surface area contributed by atoms with Crippen LogP contribution in [0.4, 0.5) is 5.69 Å². The van der Waals surface area contributed by atoms with Crippen LogP contribution in [0.25, 0.3) is 10.8 Å². The fourth-order valence-corrected chi connectivity index (χ4v) is 3.42. The molecule has 3 nitrogen and oxygen atoms in total. The van der Waals surface area contributed by atoms with Gasteiger partial charge in [-0.05, 0) is 35.8 Å². The Hall–Kier alpha value is -2.33. The Balaban J connectivity index is 1.44. The van der Waals surface area contributed by atoms with Crippen LogP contribution >= 0.6 is 11.8 Å². The lowest BCUT2D eigenvalue weighted by atomic mass is 10.1. The number of thioether (sulfide) groups is 1. The zero-order valence-corrected chi connectivity index (χ0v) is 14.3. The van der Waals surface area contributed by atoms with E-state index in [2.05, 4.69) is 22.4 Å². The first kappa shape index (κ1) is 16.5. The van der Waals surface area contributed by atoms with Crippen LogP contribution in [-0.2, 0) is 11.2 Å². The maximum atomic E-state index is 12.2. The van der Waals surface area contributed by atoms with Gasteiger partial charge >= 0.3 is 0 Å². The van der Waals surface area contributed by atoms with Crippen LogP contribution in [0.1, 0.15) is 12.1 Å². The molecular formula is C20H20N2OS. The van der Waals surface area contributed by atoms with Gasteiger partial charge in [-0.2, -0.15) is 11.8 Å². The van der Waals surface area contributed by atoms with Crippen molar-refractivity contribution < 1.29 is 4.79 Å². The van der Waals surface area contributed by atoms with E-state index in [1.54, 1.807) is 11.8 Å². The van der Waals surface area contributed by atoms with Crippen LogP contribution in [0.2, 0.25) is 0 Å². The predicted molar refractivity (Wildman–Crippen MR) is 102 cm³/mol. The second-order valence-corrected chi connectivity index (χ2v) is 6.73.